The number of methoxy groups -OCH3 is 1. The number of hydrogen-bond donors (Lipinski definition) is 1. The molecule has 1 aliphatic rings. The predicted molar refractivity (Wildman–Crippen MR) is 73.6 cm³/mol. The van der Waals surface area contributed by atoms with Gasteiger partial charge in [-0.15, -0.1) is 0 Å². The number of carbonyl (C=O) groups excluding carboxylic acids is 1. The van der Waals surface area contributed by atoms with Crippen molar-refractivity contribution in [3.05, 3.63) is 24.3 Å². The molecule has 5 nitrogen and oxygen atoms in total. The second-order valence-electron chi connectivity index (χ2n) is 4.48. The van der Waals surface area contributed by atoms with Crippen LogP contribution in [-0.4, -0.2) is 43.8 Å². The summed E-state index contributed by atoms with van der Waals surface area (Å²) in [5.74, 6) is 0.663. The van der Waals surface area contributed by atoms with Crippen LogP contribution < -0.4 is 10.1 Å². The molecule has 0 bridgehead atoms. The van der Waals surface area contributed by atoms with E-state index in [2.05, 4.69) is 12.2 Å². The average Bonchev–Trinajstić information content (AvgIpc) is 2.47. The number of rotatable bonds is 3. The second kappa shape index (κ2) is 6.43. The molecular formula is C14H20N2O3. The Bertz CT molecular complexity index is 436. The minimum atomic E-state index is -0.105. The highest BCUT2D eigenvalue weighted by Gasteiger charge is 2.23. The molecule has 1 aromatic rings. The van der Waals surface area contributed by atoms with E-state index in [0.29, 0.717) is 31.1 Å². The van der Waals surface area contributed by atoms with E-state index in [1.54, 1.807) is 12.0 Å². The summed E-state index contributed by atoms with van der Waals surface area (Å²) in [4.78, 5) is 14.0. The van der Waals surface area contributed by atoms with Crippen LogP contribution in [0.5, 0.6) is 5.75 Å². The molecule has 0 aliphatic carbocycles. The average molecular weight is 264 g/mol. The molecule has 1 N–H and O–H groups in total. The number of urea groups is 1. The van der Waals surface area contributed by atoms with Gasteiger partial charge in [0.25, 0.3) is 0 Å². The Morgan fingerprint density at radius 2 is 2.32 bits per heavy atom. The zero-order chi connectivity index (χ0) is 13.7. The van der Waals surface area contributed by atoms with Crippen LogP contribution in [0.2, 0.25) is 0 Å². The molecule has 19 heavy (non-hydrogen) atoms. The van der Waals surface area contributed by atoms with Crippen LogP contribution in [0.3, 0.4) is 0 Å². The lowest BCUT2D eigenvalue weighted by Gasteiger charge is -2.32. The smallest absolute Gasteiger partial charge is 0.322 e. The maximum absolute atomic E-state index is 12.2. The topological polar surface area (TPSA) is 50.8 Å². The number of nitrogens with one attached hydrogen (secondary N) is 1. The molecular weight excluding hydrogens is 244 g/mol. The normalized spacial score (nSPS) is 19.1. The highest BCUT2D eigenvalue weighted by Crippen LogP contribution is 2.23. The van der Waals surface area contributed by atoms with Crippen LogP contribution in [0.4, 0.5) is 10.5 Å². The Morgan fingerprint density at radius 3 is 3.05 bits per heavy atom. The summed E-state index contributed by atoms with van der Waals surface area (Å²) >= 11 is 0. The molecule has 1 saturated heterocycles. The summed E-state index contributed by atoms with van der Waals surface area (Å²) < 4.78 is 10.8. The second-order valence-corrected chi connectivity index (χ2v) is 4.48. The Kier molecular flexibility index (Phi) is 4.63. The van der Waals surface area contributed by atoms with E-state index in [-0.39, 0.29) is 12.1 Å². The van der Waals surface area contributed by atoms with Crippen molar-refractivity contribution in [1.82, 2.24) is 4.90 Å². The molecule has 1 aliphatic heterocycles. The number of ether oxygens (including phenoxy) is 2. The SMILES string of the molecule is CCC1CN(C(=O)Nc2ccccc2OC)CCO1. The third-order valence-electron chi connectivity index (χ3n) is 3.23. The van der Waals surface area contributed by atoms with Gasteiger partial charge in [-0.1, -0.05) is 19.1 Å². The largest absolute Gasteiger partial charge is 0.495 e. The Balaban J connectivity index is 2.00. The molecule has 2 rings (SSSR count). The number of anilines is 1. The van der Waals surface area contributed by atoms with E-state index < -0.39 is 0 Å². The Morgan fingerprint density at radius 1 is 1.53 bits per heavy atom. The quantitative estimate of drug-likeness (QED) is 0.911. The molecule has 1 unspecified atom stereocenters. The molecule has 1 fully saturated rings. The van der Waals surface area contributed by atoms with Gasteiger partial charge in [0.1, 0.15) is 5.75 Å². The molecule has 1 heterocycles. The van der Waals surface area contributed by atoms with Gasteiger partial charge in [-0.2, -0.15) is 0 Å². The summed E-state index contributed by atoms with van der Waals surface area (Å²) in [6.45, 7) is 3.92. The molecule has 0 spiro atoms. The number of para-hydroxylation sites is 2. The number of carbonyl (C=O) groups is 1. The van der Waals surface area contributed by atoms with Crippen LogP contribution in [0.15, 0.2) is 24.3 Å². The van der Waals surface area contributed by atoms with E-state index in [9.17, 15) is 4.79 Å². The summed E-state index contributed by atoms with van der Waals surface area (Å²) in [7, 11) is 1.59. The molecule has 0 radical (unpaired) electrons. The first kappa shape index (κ1) is 13.7. The summed E-state index contributed by atoms with van der Waals surface area (Å²) in [6, 6.07) is 7.28. The molecule has 2 amide bonds. The highest BCUT2D eigenvalue weighted by atomic mass is 16.5. The van der Waals surface area contributed by atoms with Crippen LogP contribution in [-0.2, 0) is 4.74 Å². The number of nitrogens with zero attached hydrogens (tertiary/aromatic N) is 1. The maximum atomic E-state index is 12.2. The van der Waals surface area contributed by atoms with Gasteiger partial charge >= 0.3 is 6.03 Å². The lowest BCUT2D eigenvalue weighted by molar-refractivity contribution is -0.0134. The number of amides is 2. The van der Waals surface area contributed by atoms with Crippen molar-refractivity contribution in [3.8, 4) is 5.75 Å². The molecule has 0 aromatic heterocycles. The van der Waals surface area contributed by atoms with Gasteiger partial charge in [0.15, 0.2) is 0 Å². The first-order valence-electron chi connectivity index (χ1n) is 6.55. The van der Waals surface area contributed by atoms with Gasteiger partial charge in [-0.3, -0.25) is 0 Å². The van der Waals surface area contributed by atoms with Crippen molar-refractivity contribution in [3.63, 3.8) is 0 Å². The van der Waals surface area contributed by atoms with Gasteiger partial charge in [0.05, 0.1) is 25.5 Å². The van der Waals surface area contributed by atoms with Crippen LogP contribution >= 0.6 is 0 Å². The van der Waals surface area contributed by atoms with Gasteiger partial charge in [0, 0.05) is 13.1 Å². The number of benzene rings is 1. The number of morpholine rings is 1. The van der Waals surface area contributed by atoms with E-state index in [1.807, 2.05) is 24.3 Å². The van der Waals surface area contributed by atoms with Gasteiger partial charge in [-0.05, 0) is 18.6 Å². The fourth-order valence-electron chi connectivity index (χ4n) is 2.09. The summed E-state index contributed by atoms with van der Waals surface area (Å²) in [5.41, 5.74) is 0.689. The first-order valence-corrected chi connectivity index (χ1v) is 6.55. The Hall–Kier alpha value is -1.75. The maximum Gasteiger partial charge on any atom is 0.322 e. The van der Waals surface area contributed by atoms with E-state index in [1.165, 1.54) is 0 Å². The van der Waals surface area contributed by atoms with Crippen molar-refractivity contribution in [2.75, 3.05) is 32.1 Å². The number of hydrogen-bond acceptors (Lipinski definition) is 3. The zero-order valence-corrected chi connectivity index (χ0v) is 11.4. The Labute approximate surface area is 113 Å². The molecule has 5 heteroatoms. The van der Waals surface area contributed by atoms with Crippen molar-refractivity contribution in [2.24, 2.45) is 0 Å². The minimum Gasteiger partial charge on any atom is -0.495 e. The van der Waals surface area contributed by atoms with Crippen molar-refractivity contribution < 1.29 is 14.3 Å². The fraction of sp³-hybridized carbons (Fsp3) is 0.500. The van der Waals surface area contributed by atoms with E-state index in [0.717, 1.165) is 6.42 Å². The minimum absolute atomic E-state index is 0.105. The predicted octanol–water partition coefficient (Wildman–Crippen LogP) is 2.34. The monoisotopic (exact) mass is 264 g/mol. The van der Waals surface area contributed by atoms with Crippen molar-refractivity contribution in [2.45, 2.75) is 19.4 Å². The fourth-order valence-corrected chi connectivity index (χ4v) is 2.09. The lowest BCUT2D eigenvalue weighted by atomic mass is 10.2. The molecule has 1 atom stereocenters. The van der Waals surface area contributed by atoms with Crippen LogP contribution in [0.25, 0.3) is 0 Å². The standard InChI is InChI=1S/C14H20N2O3/c1-3-11-10-16(8-9-19-11)14(17)15-12-6-4-5-7-13(12)18-2/h4-7,11H,3,8-10H2,1-2H3,(H,15,17). The highest BCUT2D eigenvalue weighted by molar-refractivity contribution is 5.91. The van der Waals surface area contributed by atoms with Gasteiger partial charge in [0.2, 0.25) is 0 Å². The molecule has 0 saturated carbocycles. The van der Waals surface area contributed by atoms with Crippen molar-refractivity contribution in [1.29, 1.82) is 0 Å². The molecule has 104 valence electrons. The van der Waals surface area contributed by atoms with Crippen molar-refractivity contribution >= 4 is 11.7 Å². The zero-order valence-electron chi connectivity index (χ0n) is 11.4. The molecule has 1 aromatic carbocycles. The first-order chi connectivity index (χ1) is 9.24. The third kappa shape index (κ3) is 3.38. The van der Waals surface area contributed by atoms with E-state index >= 15 is 0 Å². The van der Waals surface area contributed by atoms with Gasteiger partial charge < -0.3 is 19.7 Å². The van der Waals surface area contributed by atoms with Gasteiger partial charge in [-0.25, -0.2) is 4.79 Å². The lowest BCUT2D eigenvalue weighted by Crippen LogP contribution is -2.47. The third-order valence-corrected chi connectivity index (χ3v) is 3.23. The van der Waals surface area contributed by atoms with E-state index in [4.69, 9.17) is 9.47 Å². The summed E-state index contributed by atoms with van der Waals surface area (Å²) in [6.07, 6.45) is 1.05. The summed E-state index contributed by atoms with van der Waals surface area (Å²) in [5, 5.41) is 2.88. The van der Waals surface area contributed by atoms with Crippen LogP contribution in [0.1, 0.15) is 13.3 Å². The van der Waals surface area contributed by atoms with Crippen LogP contribution in [0, 0.1) is 0 Å².